The minimum Gasteiger partial charge on any atom is -0.438 e. The summed E-state index contributed by atoms with van der Waals surface area (Å²) in [7, 11) is -3.95. The van der Waals surface area contributed by atoms with Crippen LogP contribution < -0.4 is 10.5 Å². The summed E-state index contributed by atoms with van der Waals surface area (Å²) in [5.41, 5.74) is 2.53. The Bertz CT molecular complexity index is 762. The van der Waals surface area contributed by atoms with Crippen LogP contribution in [0.2, 0.25) is 0 Å². The summed E-state index contributed by atoms with van der Waals surface area (Å²) in [5.74, 6) is -0.650. The first-order chi connectivity index (χ1) is 9.27. The van der Waals surface area contributed by atoms with Crippen molar-refractivity contribution >= 4 is 21.6 Å². The van der Waals surface area contributed by atoms with Crippen LogP contribution in [-0.2, 0) is 10.0 Å². The third-order valence-electron chi connectivity index (χ3n) is 2.73. The van der Waals surface area contributed by atoms with E-state index in [2.05, 4.69) is 5.32 Å². The van der Waals surface area contributed by atoms with Crippen LogP contribution in [0.4, 0.5) is 5.69 Å². The zero-order chi connectivity index (χ0) is 14.9. The monoisotopic (exact) mass is 294 g/mol. The van der Waals surface area contributed by atoms with Crippen molar-refractivity contribution in [3.63, 3.8) is 0 Å². The third kappa shape index (κ3) is 3.06. The molecular formula is C13H14N2O4S. The number of anilines is 1. The number of benzene rings is 1. The van der Waals surface area contributed by atoms with Crippen LogP contribution in [0.25, 0.3) is 0 Å². The molecule has 0 saturated heterocycles. The molecule has 0 aliphatic rings. The molecule has 0 saturated carbocycles. The minimum atomic E-state index is -3.95. The summed E-state index contributed by atoms with van der Waals surface area (Å²) in [4.78, 5) is 12.0. The van der Waals surface area contributed by atoms with Gasteiger partial charge in [0, 0.05) is 5.69 Å². The van der Waals surface area contributed by atoms with Gasteiger partial charge in [-0.05, 0) is 43.2 Å². The van der Waals surface area contributed by atoms with E-state index in [1.54, 1.807) is 0 Å². The number of primary sulfonamides is 1. The quantitative estimate of drug-likeness (QED) is 0.900. The second kappa shape index (κ2) is 5.10. The first-order valence-electron chi connectivity index (χ1n) is 5.78. The van der Waals surface area contributed by atoms with Gasteiger partial charge < -0.3 is 9.73 Å². The Kier molecular flexibility index (Phi) is 3.65. The lowest BCUT2D eigenvalue weighted by atomic mass is 10.1. The Labute approximate surface area is 116 Å². The number of nitrogens with one attached hydrogen (secondary N) is 1. The Morgan fingerprint density at radius 3 is 2.50 bits per heavy atom. The topological polar surface area (TPSA) is 102 Å². The Morgan fingerprint density at radius 2 is 1.90 bits per heavy atom. The van der Waals surface area contributed by atoms with Crippen molar-refractivity contribution in [2.75, 3.05) is 5.32 Å². The fourth-order valence-corrected chi connectivity index (χ4v) is 2.11. The van der Waals surface area contributed by atoms with Crippen molar-refractivity contribution in [1.29, 1.82) is 0 Å². The maximum absolute atomic E-state index is 12.0. The standard InChI is InChI=1S/C13H14N2O4S/c1-8-3-4-9(2)10(7-8)15-13(16)11-5-6-12(19-11)20(14,17)18/h3-7H,1-2H3,(H,15,16)(H2,14,17,18). The number of aryl methyl sites for hydroxylation is 2. The molecule has 20 heavy (non-hydrogen) atoms. The molecule has 0 radical (unpaired) electrons. The highest BCUT2D eigenvalue weighted by molar-refractivity contribution is 7.89. The number of sulfonamides is 1. The molecule has 0 fully saturated rings. The number of rotatable bonds is 3. The summed E-state index contributed by atoms with van der Waals surface area (Å²) in [6.45, 7) is 3.76. The van der Waals surface area contributed by atoms with Gasteiger partial charge in [0.25, 0.3) is 15.9 Å². The average Bonchev–Trinajstić information content (AvgIpc) is 2.83. The van der Waals surface area contributed by atoms with Gasteiger partial charge in [0.1, 0.15) is 0 Å². The number of hydrogen-bond donors (Lipinski definition) is 2. The normalized spacial score (nSPS) is 11.3. The second-order valence-electron chi connectivity index (χ2n) is 4.44. The third-order valence-corrected chi connectivity index (χ3v) is 3.51. The lowest BCUT2D eigenvalue weighted by Gasteiger charge is -2.07. The number of amides is 1. The molecule has 0 atom stereocenters. The first-order valence-corrected chi connectivity index (χ1v) is 7.33. The summed E-state index contributed by atoms with van der Waals surface area (Å²) in [6, 6.07) is 8.03. The molecule has 6 nitrogen and oxygen atoms in total. The highest BCUT2D eigenvalue weighted by atomic mass is 32.2. The largest absolute Gasteiger partial charge is 0.438 e. The van der Waals surface area contributed by atoms with E-state index in [4.69, 9.17) is 9.56 Å². The molecule has 2 rings (SSSR count). The van der Waals surface area contributed by atoms with E-state index in [9.17, 15) is 13.2 Å². The van der Waals surface area contributed by atoms with Crippen molar-refractivity contribution in [1.82, 2.24) is 0 Å². The number of carbonyl (C=O) groups excluding carboxylic acids is 1. The molecule has 0 aliphatic carbocycles. The molecular weight excluding hydrogens is 280 g/mol. The average molecular weight is 294 g/mol. The van der Waals surface area contributed by atoms with E-state index in [-0.39, 0.29) is 5.76 Å². The number of furan rings is 1. The van der Waals surface area contributed by atoms with Crippen molar-refractivity contribution in [3.8, 4) is 0 Å². The van der Waals surface area contributed by atoms with Crippen molar-refractivity contribution in [3.05, 3.63) is 47.2 Å². The lowest BCUT2D eigenvalue weighted by molar-refractivity contribution is 0.0991. The highest BCUT2D eigenvalue weighted by Crippen LogP contribution is 2.19. The SMILES string of the molecule is Cc1ccc(C)c(NC(=O)c2ccc(S(N)(=O)=O)o2)c1. The van der Waals surface area contributed by atoms with E-state index < -0.39 is 21.0 Å². The van der Waals surface area contributed by atoms with Gasteiger partial charge in [0.05, 0.1) is 0 Å². The Hall–Kier alpha value is -2.12. The smallest absolute Gasteiger partial charge is 0.291 e. The lowest BCUT2D eigenvalue weighted by Crippen LogP contribution is -2.13. The van der Waals surface area contributed by atoms with Crippen LogP contribution in [-0.4, -0.2) is 14.3 Å². The van der Waals surface area contributed by atoms with Gasteiger partial charge in [-0.15, -0.1) is 0 Å². The van der Waals surface area contributed by atoms with Crippen LogP contribution in [0.3, 0.4) is 0 Å². The van der Waals surface area contributed by atoms with Crippen LogP contribution in [0.5, 0.6) is 0 Å². The van der Waals surface area contributed by atoms with Gasteiger partial charge in [-0.25, -0.2) is 13.6 Å². The fourth-order valence-electron chi connectivity index (χ4n) is 1.65. The molecule has 2 aromatic rings. The molecule has 106 valence electrons. The predicted octanol–water partition coefficient (Wildman–Crippen LogP) is 1.80. The molecule has 1 heterocycles. The van der Waals surface area contributed by atoms with Gasteiger partial charge in [-0.2, -0.15) is 0 Å². The Balaban J connectivity index is 2.24. The second-order valence-corrected chi connectivity index (χ2v) is 5.93. The highest BCUT2D eigenvalue weighted by Gasteiger charge is 2.17. The van der Waals surface area contributed by atoms with E-state index >= 15 is 0 Å². The molecule has 3 N–H and O–H groups in total. The van der Waals surface area contributed by atoms with E-state index in [0.29, 0.717) is 5.69 Å². The van der Waals surface area contributed by atoms with Gasteiger partial charge in [0.2, 0.25) is 5.09 Å². The molecule has 0 unspecified atom stereocenters. The first kappa shape index (κ1) is 14.3. The van der Waals surface area contributed by atoms with Gasteiger partial charge >= 0.3 is 0 Å². The maximum Gasteiger partial charge on any atom is 0.291 e. The number of carbonyl (C=O) groups is 1. The van der Waals surface area contributed by atoms with Crippen molar-refractivity contribution < 1.29 is 17.6 Å². The van der Waals surface area contributed by atoms with E-state index in [1.807, 2.05) is 32.0 Å². The molecule has 1 aromatic heterocycles. The molecule has 0 bridgehead atoms. The maximum atomic E-state index is 12.0. The zero-order valence-corrected chi connectivity index (χ0v) is 11.8. The molecule has 7 heteroatoms. The van der Waals surface area contributed by atoms with E-state index in [0.717, 1.165) is 17.2 Å². The summed E-state index contributed by atoms with van der Waals surface area (Å²) < 4.78 is 27.1. The molecule has 1 aromatic carbocycles. The van der Waals surface area contributed by atoms with Gasteiger partial charge in [-0.3, -0.25) is 4.79 Å². The van der Waals surface area contributed by atoms with Crippen molar-refractivity contribution in [2.24, 2.45) is 5.14 Å². The minimum absolute atomic E-state index is 0.116. The van der Waals surface area contributed by atoms with Crippen molar-refractivity contribution in [2.45, 2.75) is 18.9 Å². The summed E-state index contributed by atoms with van der Waals surface area (Å²) in [6.07, 6.45) is 0. The van der Waals surface area contributed by atoms with Gasteiger partial charge in [-0.1, -0.05) is 12.1 Å². The zero-order valence-electron chi connectivity index (χ0n) is 11.0. The number of hydrogen-bond acceptors (Lipinski definition) is 4. The molecule has 0 aliphatic heterocycles. The fraction of sp³-hybridized carbons (Fsp3) is 0.154. The summed E-state index contributed by atoms with van der Waals surface area (Å²) in [5, 5.41) is 7.14. The van der Waals surface area contributed by atoms with Crippen LogP contribution >= 0.6 is 0 Å². The van der Waals surface area contributed by atoms with Gasteiger partial charge in [0.15, 0.2) is 5.76 Å². The molecule has 0 spiro atoms. The van der Waals surface area contributed by atoms with Crippen LogP contribution in [0.1, 0.15) is 21.7 Å². The van der Waals surface area contributed by atoms with Crippen LogP contribution in [0.15, 0.2) is 39.8 Å². The van der Waals surface area contributed by atoms with E-state index in [1.165, 1.54) is 6.07 Å². The Morgan fingerprint density at radius 1 is 1.20 bits per heavy atom. The molecule has 1 amide bonds. The summed E-state index contributed by atoms with van der Waals surface area (Å²) >= 11 is 0. The number of nitrogens with two attached hydrogens (primary N) is 1. The van der Waals surface area contributed by atoms with Crippen LogP contribution in [0, 0.1) is 13.8 Å². The predicted molar refractivity (Wildman–Crippen MR) is 74.0 cm³/mol.